The number of non-ortho nitro benzene ring substituents is 1. The Kier molecular flexibility index (Phi) is 6.07. The van der Waals surface area contributed by atoms with E-state index < -0.39 is 10.8 Å². The highest BCUT2D eigenvalue weighted by atomic mass is 19.1. The molecule has 1 aromatic heterocycles. The summed E-state index contributed by atoms with van der Waals surface area (Å²) in [5, 5.41) is 18.5. The minimum Gasteiger partial charge on any atom is -0.497 e. The quantitative estimate of drug-likeness (QED) is 0.332. The van der Waals surface area contributed by atoms with E-state index in [0.717, 1.165) is 10.2 Å². The van der Waals surface area contributed by atoms with Gasteiger partial charge in [-0.1, -0.05) is 18.2 Å². The first kappa shape index (κ1) is 21.6. The Labute approximate surface area is 187 Å². The number of nitrogens with one attached hydrogen (secondary N) is 1. The van der Waals surface area contributed by atoms with Gasteiger partial charge in [0.1, 0.15) is 11.6 Å². The summed E-state index contributed by atoms with van der Waals surface area (Å²) in [6.45, 7) is 0.253. The molecule has 0 saturated carbocycles. The molecule has 0 amide bonds. The van der Waals surface area contributed by atoms with Crippen molar-refractivity contribution in [2.24, 2.45) is 0 Å². The second-order valence-corrected chi connectivity index (χ2v) is 6.99. The van der Waals surface area contributed by atoms with E-state index in [0.29, 0.717) is 11.3 Å². The Bertz CT molecular complexity index is 1300. The van der Waals surface area contributed by atoms with Crippen LogP contribution in [0.4, 0.5) is 16.0 Å². The van der Waals surface area contributed by atoms with E-state index in [2.05, 4.69) is 15.4 Å². The van der Waals surface area contributed by atoms with Crippen molar-refractivity contribution in [2.45, 2.75) is 6.54 Å². The molecule has 0 atom stereocenters. The molecule has 0 fully saturated rings. The van der Waals surface area contributed by atoms with Crippen LogP contribution in [0.5, 0.6) is 5.75 Å². The van der Waals surface area contributed by atoms with Crippen LogP contribution in [0.1, 0.15) is 15.9 Å². The minimum atomic E-state index is -0.590. The zero-order chi connectivity index (χ0) is 23.4. The van der Waals surface area contributed by atoms with E-state index in [9.17, 15) is 19.3 Å². The summed E-state index contributed by atoms with van der Waals surface area (Å²) in [5.41, 5.74) is 1.28. The summed E-state index contributed by atoms with van der Waals surface area (Å²) in [6.07, 6.45) is 0. The Morgan fingerprint density at radius 1 is 1.12 bits per heavy atom. The van der Waals surface area contributed by atoms with Crippen LogP contribution in [-0.4, -0.2) is 32.7 Å². The Morgan fingerprint density at radius 3 is 2.52 bits per heavy atom. The number of methoxy groups -OCH3 is 1. The summed E-state index contributed by atoms with van der Waals surface area (Å²) < 4.78 is 19.4. The number of nitro groups is 1. The van der Waals surface area contributed by atoms with Crippen molar-refractivity contribution in [3.05, 3.63) is 99.9 Å². The van der Waals surface area contributed by atoms with Crippen molar-refractivity contribution >= 4 is 17.5 Å². The lowest BCUT2D eigenvalue weighted by Gasteiger charge is -2.07. The van der Waals surface area contributed by atoms with Crippen molar-refractivity contribution in [3.63, 3.8) is 0 Å². The molecule has 0 unspecified atom stereocenters. The predicted octanol–water partition coefficient (Wildman–Crippen LogP) is 4.30. The third-order valence-corrected chi connectivity index (χ3v) is 4.82. The Balaban J connectivity index is 1.70. The largest absolute Gasteiger partial charge is 0.497 e. The molecular weight excluding hydrogens is 429 g/mol. The lowest BCUT2D eigenvalue weighted by atomic mass is 10.2. The van der Waals surface area contributed by atoms with Crippen LogP contribution in [-0.2, 0) is 6.54 Å². The van der Waals surface area contributed by atoms with Crippen molar-refractivity contribution < 1.29 is 18.8 Å². The van der Waals surface area contributed by atoms with Gasteiger partial charge in [0.15, 0.2) is 5.82 Å². The maximum atomic E-state index is 13.2. The zero-order valence-corrected chi connectivity index (χ0v) is 17.4. The smallest absolute Gasteiger partial charge is 0.281 e. The maximum absolute atomic E-state index is 13.2. The summed E-state index contributed by atoms with van der Waals surface area (Å²) in [7, 11) is 1.55. The molecule has 0 saturated heterocycles. The predicted molar refractivity (Wildman–Crippen MR) is 119 cm³/mol. The van der Waals surface area contributed by atoms with E-state index in [1.165, 1.54) is 36.4 Å². The van der Waals surface area contributed by atoms with E-state index in [-0.39, 0.29) is 35.4 Å². The number of carbonyl (C=O) groups excluding carboxylic acids is 1. The first-order valence-corrected chi connectivity index (χ1v) is 9.83. The van der Waals surface area contributed by atoms with Crippen LogP contribution < -0.4 is 10.1 Å². The number of nitro benzene ring substituents is 1. The standard InChI is InChI=1S/C23H18FN5O4/c1-33-20-11-7-16(8-12-20)21-26-23(25-14-15-5-9-18(24)10-6-15)28(27-21)22(30)17-3-2-4-19(13-17)29(31)32/h2-13H,14H2,1H3,(H,25,26,27). The maximum Gasteiger partial charge on any atom is 0.281 e. The van der Waals surface area contributed by atoms with Crippen molar-refractivity contribution in [1.29, 1.82) is 0 Å². The molecule has 166 valence electrons. The summed E-state index contributed by atoms with van der Waals surface area (Å²) >= 11 is 0. The molecule has 4 aromatic rings. The number of ether oxygens (including phenoxy) is 1. The SMILES string of the molecule is COc1ccc(-c2nc(NCc3ccc(F)cc3)n(C(=O)c3cccc([N+](=O)[O-])c3)n2)cc1. The normalized spacial score (nSPS) is 10.6. The third-order valence-electron chi connectivity index (χ3n) is 4.82. The van der Waals surface area contributed by atoms with Crippen LogP contribution in [0.3, 0.4) is 0 Å². The summed E-state index contributed by atoms with van der Waals surface area (Å²) in [5.74, 6) is 0.123. The molecule has 4 rings (SSSR count). The van der Waals surface area contributed by atoms with Gasteiger partial charge in [0.2, 0.25) is 5.95 Å². The van der Waals surface area contributed by atoms with E-state index >= 15 is 0 Å². The lowest BCUT2D eigenvalue weighted by Crippen LogP contribution is -2.17. The molecule has 9 nitrogen and oxygen atoms in total. The highest BCUT2D eigenvalue weighted by Crippen LogP contribution is 2.23. The Morgan fingerprint density at radius 2 is 1.85 bits per heavy atom. The van der Waals surface area contributed by atoms with Crippen molar-refractivity contribution in [1.82, 2.24) is 14.8 Å². The topological polar surface area (TPSA) is 112 Å². The number of anilines is 1. The lowest BCUT2D eigenvalue weighted by molar-refractivity contribution is -0.384. The Hall–Kier alpha value is -4.60. The number of halogens is 1. The number of hydrogen-bond acceptors (Lipinski definition) is 7. The molecule has 33 heavy (non-hydrogen) atoms. The molecule has 1 heterocycles. The molecule has 1 N–H and O–H groups in total. The fourth-order valence-corrected chi connectivity index (χ4v) is 3.09. The number of hydrogen-bond donors (Lipinski definition) is 1. The average molecular weight is 447 g/mol. The number of benzene rings is 3. The van der Waals surface area contributed by atoms with Gasteiger partial charge < -0.3 is 10.1 Å². The van der Waals surface area contributed by atoms with Crippen LogP contribution in [0.15, 0.2) is 72.8 Å². The number of carbonyl (C=O) groups is 1. The molecule has 3 aromatic carbocycles. The number of aromatic nitrogens is 3. The van der Waals surface area contributed by atoms with Gasteiger partial charge in [-0.05, 0) is 48.0 Å². The second-order valence-electron chi connectivity index (χ2n) is 6.99. The third kappa shape index (κ3) is 4.85. The van der Waals surface area contributed by atoms with E-state index in [1.807, 2.05) is 0 Å². The molecule has 10 heteroatoms. The first-order chi connectivity index (χ1) is 15.9. The molecular formula is C23H18FN5O4. The van der Waals surface area contributed by atoms with Crippen molar-refractivity contribution in [2.75, 3.05) is 12.4 Å². The molecule has 0 spiro atoms. The average Bonchev–Trinajstić information content (AvgIpc) is 3.27. The van der Waals surface area contributed by atoms with Gasteiger partial charge in [-0.2, -0.15) is 9.67 Å². The zero-order valence-electron chi connectivity index (χ0n) is 17.4. The fourth-order valence-electron chi connectivity index (χ4n) is 3.09. The van der Waals surface area contributed by atoms with Crippen LogP contribution in [0, 0.1) is 15.9 Å². The minimum absolute atomic E-state index is 0.0835. The van der Waals surface area contributed by atoms with Gasteiger partial charge in [0, 0.05) is 29.8 Å². The van der Waals surface area contributed by atoms with Gasteiger partial charge in [0.25, 0.3) is 11.6 Å². The van der Waals surface area contributed by atoms with Gasteiger partial charge in [0.05, 0.1) is 12.0 Å². The molecule has 0 bridgehead atoms. The highest BCUT2D eigenvalue weighted by Gasteiger charge is 2.20. The molecule has 0 aliphatic heterocycles. The van der Waals surface area contributed by atoms with Crippen LogP contribution in [0.2, 0.25) is 0 Å². The fraction of sp³-hybridized carbons (Fsp3) is 0.0870. The van der Waals surface area contributed by atoms with Gasteiger partial charge in [-0.3, -0.25) is 14.9 Å². The van der Waals surface area contributed by atoms with Gasteiger partial charge >= 0.3 is 0 Å². The first-order valence-electron chi connectivity index (χ1n) is 9.83. The highest BCUT2D eigenvalue weighted by molar-refractivity contribution is 5.97. The van der Waals surface area contributed by atoms with Crippen molar-refractivity contribution in [3.8, 4) is 17.1 Å². The number of rotatable bonds is 7. The molecule has 0 radical (unpaired) electrons. The molecule has 0 aliphatic rings. The van der Waals surface area contributed by atoms with E-state index in [1.54, 1.807) is 43.5 Å². The summed E-state index contributed by atoms with van der Waals surface area (Å²) in [6, 6.07) is 18.2. The van der Waals surface area contributed by atoms with Crippen LogP contribution in [0.25, 0.3) is 11.4 Å². The monoisotopic (exact) mass is 447 g/mol. The number of nitrogens with zero attached hydrogens (tertiary/aromatic N) is 4. The van der Waals surface area contributed by atoms with Crippen LogP contribution >= 0.6 is 0 Å². The second kappa shape index (κ2) is 9.27. The molecule has 0 aliphatic carbocycles. The summed E-state index contributed by atoms with van der Waals surface area (Å²) in [4.78, 5) is 28.2. The van der Waals surface area contributed by atoms with E-state index in [4.69, 9.17) is 4.74 Å². The van der Waals surface area contributed by atoms with Gasteiger partial charge in [-0.15, -0.1) is 5.10 Å². The van der Waals surface area contributed by atoms with Gasteiger partial charge in [-0.25, -0.2) is 4.39 Å².